The molecular formula is C21H28NO2+. The summed E-state index contributed by atoms with van der Waals surface area (Å²) >= 11 is 0. The fourth-order valence-corrected chi connectivity index (χ4v) is 3.62. The molecular weight excluding hydrogens is 298 g/mol. The zero-order valence-corrected chi connectivity index (χ0v) is 14.7. The van der Waals surface area contributed by atoms with Gasteiger partial charge in [0.05, 0.1) is 27.2 Å². The number of benzene rings is 2. The molecule has 1 heterocycles. The van der Waals surface area contributed by atoms with Crippen LogP contribution in [-0.4, -0.2) is 49.5 Å². The van der Waals surface area contributed by atoms with Gasteiger partial charge in [0.1, 0.15) is 18.2 Å². The molecule has 0 radical (unpaired) electrons. The standard InChI is InChI=1S/C21H28NO2/c1-22(2)15-9-14-20(16-22)24-17-21(23,18-10-5-3-6-11-18)19-12-7-4-8-13-19/h3-8,10-13,20,23H,9,14-17H2,1-2H3/q+1. The van der Waals surface area contributed by atoms with Gasteiger partial charge in [0, 0.05) is 0 Å². The lowest BCUT2D eigenvalue weighted by molar-refractivity contribution is -0.898. The highest BCUT2D eigenvalue weighted by Crippen LogP contribution is 2.31. The summed E-state index contributed by atoms with van der Waals surface area (Å²) in [6.45, 7) is 2.48. The van der Waals surface area contributed by atoms with Crippen molar-refractivity contribution in [2.75, 3.05) is 33.8 Å². The van der Waals surface area contributed by atoms with E-state index in [0.29, 0.717) is 0 Å². The summed E-state index contributed by atoms with van der Waals surface area (Å²) in [5.41, 5.74) is 0.637. The van der Waals surface area contributed by atoms with Gasteiger partial charge in [0.15, 0.2) is 0 Å². The Hall–Kier alpha value is -1.68. The van der Waals surface area contributed by atoms with Gasteiger partial charge in [0.25, 0.3) is 0 Å². The van der Waals surface area contributed by atoms with Crippen LogP contribution in [0.25, 0.3) is 0 Å². The van der Waals surface area contributed by atoms with Crippen LogP contribution in [0.2, 0.25) is 0 Å². The highest BCUT2D eigenvalue weighted by atomic mass is 16.5. The van der Waals surface area contributed by atoms with E-state index in [0.717, 1.165) is 28.6 Å². The Bertz CT molecular complexity index is 600. The molecule has 0 amide bonds. The number of nitrogens with zero attached hydrogens (tertiary/aromatic N) is 1. The first-order valence-electron chi connectivity index (χ1n) is 8.77. The Kier molecular flexibility index (Phi) is 5.04. The van der Waals surface area contributed by atoms with Crippen molar-refractivity contribution < 1.29 is 14.3 Å². The third-order valence-electron chi connectivity index (χ3n) is 5.02. The van der Waals surface area contributed by atoms with Gasteiger partial charge >= 0.3 is 0 Å². The van der Waals surface area contributed by atoms with Gasteiger partial charge in [-0.3, -0.25) is 0 Å². The molecule has 3 heteroatoms. The van der Waals surface area contributed by atoms with Gasteiger partial charge in [0.2, 0.25) is 0 Å². The van der Waals surface area contributed by atoms with E-state index in [1.807, 2.05) is 60.7 Å². The third kappa shape index (κ3) is 3.86. The van der Waals surface area contributed by atoms with E-state index in [1.54, 1.807) is 0 Å². The topological polar surface area (TPSA) is 29.5 Å². The number of ether oxygens (including phenoxy) is 1. The van der Waals surface area contributed by atoms with Crippen LogP contribution in [0.15, 0.2) is 60.7 Å². The average molecular weight is 326 g/mol. The molecule has 3 nitrogen and oxygen atoms in total. The molecule has 128 valence electrons. The molecule has 0 aromatic heterocycles. The molecule has 1 N–H and O–H groups in total. The minimum atomic E-state index is -1.11. The van der Waals surface area contributed by atoms with E-state index in [-0.39, 0.29) is 12.7 Å². The molecule has 1 aliphatic heterocycles. The maximum atomic E-state index is 11.5. The normalized spacial score (nSPS) is 20.7. The van der Waals surface area contributed by atoms with Crippen molar-refractivity contribution in [1.82, 2.24) is 0 Å². The van der Waals surface area contributed by atoms with Crippen molar-refractivity contribution in [1.29, 1.82) is 0 Å². The van der Waals surface area contributed by atoms with Crippen molar-refractivity contribution >= 4 is 0 Å². The SMILES string of the molecule is C[N+]1(C)CCCC(OCC(O)(c2ccccc2)c2ccccc2)C1. The number of likely N-dealkylation sites (tertiary alicyclic amines) is 1. The Balaban J connectivity index is 1.81. The van der Waals surface area contributed by atoms with E-state index >= 15 is 0 Å². The van der Waals surface area contributed by atoms with E-state index in [2.05, 4.69) is 14.1 Å². The van der Waals surface area contributed by atoms with Crippen LogP contribution in [0.5, 0.6) is 0 Å². The fraction of sp³-hybridized carbons (Fsp3) is 0.429. The van der Waals surface area contributed by atoms with E-state index in [9.17, 15) is 5.11 Å². The molecule has 1 aliphatic rings. The Morgan fingerprint density at radius 1 is 1.00 bits per heavy atom. The Morgan fingerprint density at radius 3 is 2.04 bits per heavy atom. The summed E-state index contributed by atoms with van der Waals surface area (Å²) in [7, 11) is 4.49. The fourth-order valence-electron chi connectivity index (χ4n) is 3.62. The molecule has 2 aromatic rings. The first-order valence-corrected chi connectivity index (χ1v) is 8.77. The molecule has 1 atom stereocenters. The maximum absolute atomic E-state index is 11.5. The molecule has 1 saturated heterocycles. The van der Waals surface area contributed by atoms with Crippen LogP contribution in [0.1, 0.15) is 24.0 Å². The van der Waals surface area contributed by atoms with Gasteiger partial charge in [-0.15, -0.1) is 0 Å². The van der Waals surface area contributed by atoms with Crippen LogP contribution in [0.4, 0.5) is 0 Å². The highest BCUT2D eigenvalue weighted by Gasteiger charge is 2.35. The zero-order chi connectivity index (χ0) is 17.0. The zero-order valence-electron chi connectivity index (χ0n) is 14.7. The molecule has 0 saturated carbocycles. The van der Waals surface area contributed by atoms with Crippen molar-refractivity contribution in [3.05, 3.63) is 71.8 Å². The van der Waals surface area contributed by atoms with E-state index in [1.165, 1.54) is 13.0 Å². The smallest absolute Gasteiger partial charge is 0.138 e. The number of hydrogen-bond acceptors (Lipinski definition) is 2. The molecule has 1 fully saturated rings. The largest absolute Gasteiger partial charge is 0.378 e. The van der Waals surface area contributed by atoms with Crippen LogP contribution in [-0.2, 0) is 10.3 Å². The molecule has 24 heavy (non-hydrogen) atoms. The average Bonchev–Trinajstić information content (AvgIpc) is 2.60. The monoisotopic (exact) mass is 326 g/mol. The molecule has 3 rings (SSSR count). The summed E-state index contributed by atoms with van der Waals surface area (Å²) in [4.78, 5) is 0. The quantitative estimate of drug-likeness (QED) is 0.855. The van der Waals surface area contributed by atoms with Crippen LogP contribution in [0.3, 0.4) is 0 Å². The predicted octanol–water partition coefficient (Wildman–Crippen LogP) is 3.18. The lowest BCUT2D eigenvalue weighted by atomic mass is 9.87. The molecule has 0 spiro atoms. The van der Waals surface area contributed by atoms with Crippen LogP contribution >= 0.6 is 0 Å². The molecule has 0 bridgehead atoms. The van der Waals surface area contributed by atoms with Gasteiger partial charge in [-0.25, -0.2) is 0 Å². The first kappa shape index (κ1) is 17.2. The molecule has 2 aromatic carbocycles. The second-order valence-electron chi connectivity index (χ2n) is 7.51. The Morgan fingerprint density at radius 2 is 1.54 bits per heavy atom. The van der Waals surface area contributed by atoms with E-state index < -0.39 is 5.60 Å². The first-order chi connectivity index (χ1) is 11.5. The van der Waals surface area contributed by atoms with Crippen molar-refractivity contribution in [2.24, 2.45) is 0 Å². The maximum Gasteiger partial charge on any atom is 0.138 e. The number of aliphatic hydroxyl groups is 1. The van der Waals surface area contributed by atoms with Gasteiger partial charge < -0.3 is 14.3 Å². The van der Waals surface area contributed by atoms with E-state index in [4.69, 9.17) is 4.74 Å². The molecule has 1 unspecified atom stereocenters. The van der Waals surface area contributed by atoms with Gasteiger partial charge in [-0.2, -0.15) is 0 Å². The lowest BCUT2D eigenvalue weighted by Gasteiger charge is -2.39. The number of rotatable bonds is 5. The second kappa shape index (κ2) is 7.06. The van der Waals surface area contributed by atoms with Gasteiger partial charge in [-0.05, 0) is 24.0 Å². The number of quaternary nitrogens is 1. The van der Waals surface area contributed by atoms with Gasteiger partial charge in [-0.1, -0.05) is 60.7 Å². The predicted molar refractivity (Wildman–Crippen MR) is 96.7 cm³/mol. The highest BCUT2D eigenvalue weighted by molar-refractivity contribution is 5.36. The number of piperidine rings is 1. The number of likely N-dealkylation sites (N-methyl/N-ethyl adjacent to an activating group) is 1. The summed E-state index contributed by atoms with van der Waals surface area (Å²) in [6.07, 6.45) is 2.45. The molecule has 0 aliphatic carbocycles. The lowest BCUT2D eigenvalue weighted by Crippen LogP contribution is -2.51. The summed E-state index contributed by atoms with van der Waals surface area (Å²) in [5, 5.41) is 11.5. The van der Waals surface area contributed by atoms with Crippen LogP contribution in [0, 0.1) is 0 Å². The minimum absolute atomic E-state index is 0.202. The van der Waals surface area contributed by atoms with Crippen molar-refractivity contribution in [3.8, 4) is 0 Å². The van der Waals surface area contributed by atoms with Crippen molar-refractivity contribution in [3.63, 3.8) is 0 Å². The Labute approximate surface area is 145 Å². The second-order valence-corrected chi connectivity index (χ2v) is 7.51. The minimum Gasteiger partial charge on any atom is -0.378 e. The third-order valence-corrected chi connectivity index (χ3v) is 5.02. The summed E-state index contributed by atoms with van der Waals surface area (Å²) in [6, 6.07) is 19.7. The summed E-state index contributed by atoms with van der Waals surface area (Å²) in [5.74, 6) is 0. The number of hydrogen-bond donors (Lipinski definition) is 1. The summed E-state index contributed by atoms with van der Waals surface area (Å²) < 4.78 is 7.21. The van der Waals surface area contributed by atoms with Crippen LogP contribution < -0.4 is 0 Å². The van der Waals surface area contributed by atoms with Crippen molar-refractivity contribution in [2.45, 2.75) is 24.5 Å².